The summed E-state index contributed by atoms with van der Waals surface area (Å²) in [6.07, 6.45) is 0. The molecule has 1 N–H and O–H groups in total. The van der Waals surface area contributed by atoms with Gasteiger partial charge in [-0.3, -0.25) is 14.9 Å². The van der Waals surface area contributed by atoms with E-state index >= 15 is 0 Å². The van der Waals surface area contributed by atoms with E-state index in [0.717, 1.165) is 0 Å². The Bertz CT molecular complexity index is 548. The van der Waals surface area contributed by atoms with Crippen molar-refractivity contribution in [2.24, 2.45) is 0 Å². The molecule has 6 heteroatoms. The van der Waals surface area contributed by atoms with Gasteiger partial charge in [-0.25, -0.2) is 0 Å². The highest BCUT2D eigenvalue weighted by molar-refractivity contribution is 6.06. The molecule has 0 spiro atoms. The Labute approximate surface area is 96.6 Å². The lowest BCUT2D eigenvalue weighted by Crippen LogP contribution is -2.07. The van der Waals surface area contributed by atoms with Crippen molar-refractivity contribution in [1.82, 2.24) is 10.1 Å². The number of nitrogens with one attached hydrogen (secondary N) is 1. The molecule has 0 radical (unpaired) electrons. The van der Waals surface area contributed by atoms with E-state index in [4.69, 9.17) is 4.52 Å². The average molecular weight is 231 g/mol. The molecular weight excluding hydrogens is 222 g/mol. The fraction of sp³-hybridized carbons (Fsp3) is 0.0909. The van der Waals surface area contributed by atoms with Crippen LogP contribution in [0.1, 0.15) is 23.1 Å². The quantitative estimate of drug-likeness (QED) is 0.803. The number of carbonyl (C=O) groups excluding carboxylic acids is 2. The molecule has 0 unspecified atom stereocenters. The summed E-state index contributed by atoms with van der Waals surface area (Å²) in [4.78, 5) is 26.4. The van der Waals surface area contributed by atoms with Crippen LogP contribution in [0, 0.1) is 0 Å². The van der Waals surface area contributed by atoms with Crippen LogP contribution >= 0.6 is 0 Å². The van der Waals surface area contributed by atoms with Gasteiger partial charge in [0.2, 0.25) is 17.5 Å². The van der Waals surface area contributed by atoms with E-state index in [-0.39, 0.29) is 23.5 Å². The van der Waals surface area contributed by atoms with Crippen molar-refractivity contribution in [1.29, 1.82) is 0 Å². The first-order valence-corrected chi connectivity index (χ1v) is 4.88. The molecule has 1 amide bonds. The maximum absolute atomic E-state index is 11.8. The van der Waals surface area contributed by atoms with E-state index in [1.54, 1.807) is 30.3 Å². The number of nitrogens with zero attached hydrogens (tertiary/aromatic N) is 2. The normalized spacial score (nSPS) is 9.94. The van der Waals surface area contributed by atoms with Crippen LogP contribution in [0.5, 0.6) is 0 Å². The Morgan fingerprint density at radius 3 is 2.59 bits per heavy atom. The van der Waals surface area contributed by atoms with Gasteiger partial charge in [0.05, 0.1) is 0 Å². The molecule has 0 saturated heterocycles. The van der Waals surface area contributed by atoms with Crippen LogP contribution in [0.15, 0.2) is 34.9 Å². The summed E-state index contributed by atoms with van der Waals surface area (Å²) in [5.74, 6) is -0.779. The van der Waals surface area contributed by atoms with Gasteiger partial charge in [0.15, 0.2) is 0 Å². The van der Waals surface area contributed by atoms with Gasteiger partial charge in [-0.15, -0.1) is 0 Å². The van der Waals surface area contributed by atoms with E-state index in [1.165, 1.54) is 6.92 Å². The van der Waals surface area contributed by atoms with Gasteiger partial charge in [0.25, 0.3) is 0 Å². The molecule has 0 bridgehead atoms. The molecule has 0 saturated carbocycles. The lowest BCUT2D eigenvalue weighted by atomic mass is 10.1. The van der Waals surface area contributed by atoms with Crippen LogP contribution in [-0.4, -0.2) is 21.8 Å². The minimum Gasteiger partial charge on any atom is -0.315 e. The number of hydrogen-bond donors (Lipinski definition) is 1. The minimum absolute atomic E-state index is 0.0834. The first kappa shape index (κ1) is 11.0. The van der Waals surface area contributed by atoms with E-state index in [2.05, 4.69) is 15.5 Å². The van der Waals surface area contributed by atoms with Gasteiger partial charge in [-0.1, -0.05) is 35.5 Å². The Balaban J connectivity index is 2.21. The van der Waals surface area contributed by atoms with Crippen molar-refractivity contribution < 1.29 is 14.1 Å². The van der Waals surface area contributed by atoms with Crippen molar-refractivity contribution in [3.63, 3.8) is 0 Å². The molecule has 0 aliphatic carbocycles. The highest BCUT2D eigenvalue weighted by atomic mass is 16.5. The number of rotatable bonds is 3. The standard InChI is InChI=1S/C11H9N3O3/c1-7(15)12-11-13-10(14-17-11)9(16)8-5-3-2-4-6-8/h2-6H,1H3,(H,12,13,14,15). The van der Waals surface area contributed by atoms with Gasteiger partial charge in [-0.2, -0.15) is 4.98 Å². The third kappa shape index (κ3) is 2.54. The van der Waals surface area contributed by atoms with Crippen molar-refractivity contribution in [3.05, 3.63) is 41.7 Å². The predicted octanol–water partition coefficient (Wildman–Crippen LogP) is 1.26. The van der Waals surface area contributed by atoms with Crippen LogP contribution in [0.3, 0.4) is 0 Å². The molecule has 1 aromatic carbocycles. The first-order valence-electron chi connectivity index (χ1n) is 4.88. The van der Waals surface area contributed by atoms with Gasteiger partial charge >= 0.3 is 6.01 Å². The Morgan fingerprint density at radius 2 is 1.94 bits per heavy atom. The van der Waals surface area contributed by atoms with Crippen LogP contribution in [0.4, 0.5) is 6.01 Å². The smallest absolute Gasteiger partial charge is 0.315 e. The maximum Gasteiger partial charge on any atom is 0.328 e. The van der Waals surface area contributed by atoms with Crippen LogP contribution in [0.25, 0.3) is 0 Å². The number of hydrogen-bond acceptors (Lipinski definition) is 5. The summed E-state index contributed by atoms with van der Waals surface area (Å²) in [7, 11) is 0. The highest BCUT2D eigenvalue weighted by Gasteiger charge is 2.16. The fourth-order valence-electron chi connectivity index (χ4n) is 1.24. The second-order valence-corrected chi connectivity index (χ2v) is 3.30. The molecule has 6 nitrogen and oxygen atoms in total. The summed E-state index contributed by atoms with van der Waals surface area (Å²) in [6.45, 7) is 1.31. The number of benzene rings is 1. The summed E-state index contributed by atoms with van der Waals surface area (Å²) in [6, 6.07) is 8.49. The number of anilines is 1. The topological polar surface area (TPSA) is 85.1 Å². The number of carbonyl (C=O) groups is 2. The highest BCUT2D eigenvalue weighted by Crippen LogP contribution is 2.09. The van der Waals surface area contributed by atoms with E-state index in [1.807, 2.05) is 0 Å². The monoisotopic (exact) mass is 231 g/mol. The van der Waals surface area contributed by atoms with Crippen molar-refractivity contribution in [2.45, 2.75) is 6.92 Å². The van der Waals surface area contributed by atoms with E-state index in [9.17, 15) is 9.59 Å². The zero-order chi connectivity index (χ0) is 12.3. The molecule has 86 valence electrons. The SMILES string of the molecule is CC(=O)Nc1nc(C(=O)c2ccccc2)no1. The first-order chi connectivity index (χ1) is 8.16. The Hall–Kier alpha value is -2.50. The van der Waals surface area contributed by atoms with Gasteiger partial charge in [0.1, 0.15) is 0 Å². The number of aromatic nitrogens is 2. The Morgan fingerprint density at radius 1 is 1.24 bits per heavy atom. The van der Waals surface area contributed by atoms with Crippen molar-refractivity contribution in [3.8, 4) is 0 Å². The van der Waals surface area contributed by atoms with Gasteiger partial charge < -0.3 is 4.52 Å². The van der Waals surface area contributed by atoms with Crippen LogP contribution in [-0.2, 0) is 4.79 Å². The largest absolute Gasteiger partial charge is 0.328 e. The van der Waals surface area contributed by atoms with Gasteiger partial charge in [-0.05, 0) is 0 Å². The molecule has 1 aromatic heterocycles. The second kappa shape index (κ2) is 4.56. The van der Waals surface area contributed by atoms with Crippen LogP contribution < -0.4 is 5.32 Å². The maximum atomic E-state index is 11.8. The molecule has 0 fully saturated rings. The molecule has 17 heavy (non-hydrogen) atoms. The lowest BCUT2D eigenvalue weighted by molar-refractivity contribution is -0.114. The molecule has 0 atom stereocenters. The Kier molecular flexibility index (Phi) is 2.95. The molecule has 1 heterocycles. The molecule has 0 aliphatic heterocycles. The third-order valence-electron chi connectivity index (χ3n) is 1.95. The van der Waals surface area contributed by atoms with Gasteiger partial charge in [0, 0.05) is 12.5 Å². The van der Waals surface area contributed by atoms with E-state index < -0.39 is 0 Å². The molecule has 2 aromatic rings. The van der Waals surface area contributed by atoms with E-state index in [0.29, 0.717) is 5.56 Å². The number of ketones is 1. The summed E-state index contributed by atoms with van der Waals surface area (Å²) < 4.78 is 4.70. The summed E-state index contributed by atoms with van der Waals surface area (Å²) in [5, 5.41) is 5.80. The average Bonchev–Trinajstić information content (AvgIpc) is 2.77. The second-order valence-electron chi connectivity index (χ2n) is 3.30. The predicted molar refractivity (Wildman–Crippen MR) is 58.5 cm³/mol. The molecule has 2 rings (SSSR count). The van der Waals surface area contributed by atoms with Crippen molar-refractivity contribution in [2.75, 3.05) is 5.32 Å². The minimum atomic E-state index is -0.356. The van der Waals surface area contributed by atoms with Crippen molar-refractivity contribution >= 4 is 17.7 Å². The fourth-order valence-corrected chi connectivity index (χ4v) is 1.24. The summed E-state index contributed by atoms with van der Waals surface area (Å²) in [5.41, 5.74) is 0.461. The molecular formula is C11H9N3O3. The van der Waals surface area contributed by atoms with Crippen LogP contribution in [0.2, 0.25) is 0 Å². The zero-order valence-electron chi connectivity index (χ0n) is 9.01. The lowest BCUT2D eigenvalue weighted by Gasteiger charge is -1.93. The third-order valence-corrected chi connectivity index (χ3v) is 1.95. The summed E-state index contributed by atoms with van der Waals surface area (Å²) >= 11 is 0. The zero-order valence-corrected chi connectivity index (χ0v) is 9.01. The molecule has 0 aliphatic rings. The number of amides is 1.